The summed E-state index contributed by atoms with van der Waals surface area (Å²) in [6.07, 6.45) is 6.21. The Morgan fingerprint density at radius 2 is 0.870 bits per heavy atom. The predicted octanol–water partition coefficient (Wildman–Crippen LogP) is 9.59. The molecule has 1 aromatic carbocycles. The average Bonchev–Trinajstić information content (AvgIpc) is 2.93. The molecule has 0 bridgehead atoms. The molecule has 0 aliphatic rings. The molecule has 3 rings (SSSR count). The van der Waals surface area contributed by atoms with Crippen molar-refractivity contribution in [2.75, 3.05) is 0 Å². The maximum Gasteiger partial charge on any atom is 0.164 e. The second-order valence-corrected chi connectivity index (χ2v) is 14.6. The third kappa shape index (κ3) is 16.7. The van der Waals surface area contributed by atoms with Gasteiger partial charge in [-0.1, -0.05) is 119 Å². The molecular formula is C38H50N2O4Pd2-2. The summed E-state index contributed by atoms with van der Waals surface area (Å²) in [7, 11) is 0. The molecule has 2 heterocycles. The Morgan fingerprint density at radius 1 is 0.565 bits per heavy atom. The Hall–Kier alpha value is -2.74. The van der Waals surface area contributed by atoms with E-state index < -0.39 is 10.8 Å². The van der Waals surface area contributed by atoms with E-state index in [1.807, 2.05) is 132 Å². The number of benzene rings is 1. The van der Waals surface area contributed by atoms with Crippen LogP contribution in [-0.2, 0) is 50.4 Å². The van der Waals surface area contributed by atoms with E-state index in [1.165, 1.54) is 12.2 Å². The van der Waals surface area contributed by atoms with Crippen molar-refractivity contribution in [1.82, 2.24) is 9.97 Å². The largest absolute Gasteiger partial charge is 0.512 e. The van der Waals surface area contributed by atoms with Crippen molar-refractivity contribution in [3.63, 3.8) is 0 Å². The summed E-state index contributed by atoms with van der Waals surface area (Å²) in [5.41, 5.74) is 2.16. The fourth-order valence-corrected chi connectivity index (χ4v) is 2.84. The van der Waals surface area contributed by atoms with Gasteiger partial charge in [-0.3, -0.25) is 9.59 Å². The van der Waals surface area contributed by atoms with E-state index in [9.17, 15) is 19.8 Å². The maximum absolute atomic E-state index is 11.5. The Morgan fingerprint density at radius 3 is 1.07 bits per heavy atom. The second-order valence-electron chi connectivity index (χ2n) is 14.6. The molecule has 2 N–H and O–H groups in total. The number of carbonyl (C=O) groups excluding carboxylic acids is 2. The van der Waals surface area contributed by atoms with Crippen LogP contribution in [0.5, 0.6) is 0 Å². The van der Waals surface area contributed by atoms with E-state index in [2.05, 4.69) is 22.1 Å². The van der Waals surface area contributed by atoms with Gasteiger partial charge >= 0.3 is 0 Å². The van der Waals surface area contributed by atoms with Crippen LogP contribution < -0.4 is 0 Å². The first-order valence-corrected chi connectivity index (χ1v) is 14.7. The van der Waals surface area contributed by atoms with Gasteiger partial charge < -0.3 is 20.2 Å². The first-order valence-electron chi connectivity index (χ1n) is 14.7. The number of carbonyl (C=O) groups is 2. The summed E-state index contributed by atoms with van der Waals surface area (Å²) in [6, 6.07) is 21.9. The topological polar surface area (TPSA) is 100 Å². The van der Waals surface area contributed by atoms with Gasteiger partial charge in [0.25, 0.3) is 0 Å². The molecule has 0 saturated carbocycles. The van der Waals surface area contributed by atoms with Crippen molar-refractivity contribution in [3.8, 4) is 22.5 Å². The minimum atomic E-state index is -0.417. The molecule has 0 unspecified atom stereocenters. The Kier molecular flexibility index (Phi) is 18.9. The van der Waals surface area contributed by atoms with Crippen molar-refractivity contribution in [2.45, 2.75) is 83.1 Å². The van der Waals surface area contributed by atoms with Crippen LogP contribution in [-0.4, -0.2) is 31.7 Å². The van der Waals surface area contributed by atoms with Gasteiger partial charge in [0.05, 0.1) is 0 Å². The molecule has 0 aliphatic carbocycles. The minimum Gasteiger partial charge on any atom is -0.512 e. The smallest absolute Gasteiger partial charge is 0.164 e. The van der Waals surface area contributed by atoms with Crippen LogP contribution >= 0.6 is 0 Å². The van der Waals surface area contributed by atoms with Gasteiger partial charge in [-0.2, -0.15) is 0 Å². The summed E-state index contributed by atoms with van der Waals surface area (Å²) < 4.78 is 0. The average molecular weight is 812 g/mol. The summed E-state index contributed by atoms with van der Waals surface area (Å²) in [4.78, 5) is 31.5. The Labute approximate surface area is 304 Å². The predicted molar refractivity (Wildman–Crippen MR) is 180 cm³/mol. The molecule has 0 spiro atoms. The number of hydrogen-bond donors (Lipinski definition) is 2. The van der Waals surface area contributed by atoms with Gasteiger partial charge in [0, 0.05) is 87.1 Å². The van der Waals surface area contributed by atoms with E-state index in [1.54, 1.807) is 12.4 Å². The number of rotatable bonds is 4. The molecule has 8 heteroatoms. The molecule has 6 nitrogen and oxygen atoms in total. The van der Waals surface area contributed by atoms with Crippen LogP contribution in [0.15, 0.2) is 84.6 Å². The Balaban J connectivity index is 0. The number of ketones is 2. The van der Waals surface area contributed by atoms with Crippen LogP contribution in [0, 0.1) is 33.8 Å². The van der Waals surface area contributed by atoms with E-state index >= 15 is 0 Å². The number of aromatic nitrogens is 2. The molecule has 0 radical (unpaired) electrons. The number of aliphatic hydroxyl groups is 2. The number of aliphatic hydroxyl groups excluding tert-OH is 2. The van der Waals surface area contributed by atoms with E-state index in [4.69, 9.17) is 0 Å². The molecule has 46 heavy (non-hydrogen) atoms. The normalized spacial score (nSPS) is 12.2. The molecule has 2 aromatic heterocycles. The van der Waals surface area contributed by atoms with Crippen molar-refractivity contribution >= 4 is 11.6 Å². The second kappa shape index (κ2) is 19.2. The third-order valence-electron chi connectivity index (χ3n) is 6.18. The SMILES string of the molecule is CC(C)(C)C(=O)/C=C(\O)C(C)(C)C.CC(C)(C)C(=O)/C=C(\O)C(C)(C)C.[Pd].[Pd].[c-]1cc(-c2ccccn2)[c-]cc1-c1ccccn1. The van der Waals surface area contributed by atoms with Gasteiger partial charge in [0.15, 0.2) is 11.6 Å². The fourth-order valence-electron chi connectivity index (χ4n) is 2.84. The van der Waals surface area contributed by atoms with Gasteiger partial charge in [-0.05, 0) is 12.1 Å². The van der Waals surface area contributed by atoms with Crippen molar-refractivity contribution in [1.29, 1.82) is 0 Å². The molecule has 0 saturated heterocycles. The van der Waals surface area contributed by atoms with Crippen molar-refractivity contribution in [3.05, 3.63) is 96.7 Å². The standard InChI is InChI=1S/C16H10N2.2C11H20O2.2Pd/c1-3-11-17-15(5-1)13-7-9-14(10-8-13)16-6-2-4-12-18-16;2*1-10(2,3)8(12)7-9(13)11(4,5)6;;/h1-7,10-12H;2*7,12H,1-6H3;;/q-2;;;;/b;2*8-7-;;. The Bertz CT molecular complexity index is 1300. The van der Waals surface area contributed by atoms with Crippen molar-refractivity contribution in [2.24, 2.45) is 21.7 Å². The molecule has 3 aromatic rings. The number of pyridine rings is 2. The molecular weight excluding hydrogens is 761 g/mol. The van der Waals surface area contributed by atoms with Crippen LogP contribution in [0.25, 0.3) is 22.5 Å². The fraction of sp³-hybridized carbons (Fsp3) is 0.421. The zero-order valence-electron chi connectivity index (χ0n) is 29.2. The maximum atomic E-state index is 11.5. The minimum absolute atomic E-state index is 0. The van der Waals surface area contributed by atoms with E-state index in [-0.39, 0.29) is 74.8 Å². The quantitative estimate of drug-likeness (QED) is 0.118. The first kappa shape index (κ1) is 45.4. The zero-order chi connectivity index (χ0) is 33.9. The number of allylic oxidation sites excluding steroid dienone is 4. The van der Waals surface area contributed by atoms with E-state index in [0.717, 1.165) is 22.5 Å². The molecule has 0 aliphatic heterocycles. The monoisotopic (exact) mass is 810 g/mol. The van der Waals surface area contributed by atoms with Gasteiger partial charge in [-0.15, -0.1) is 0 Å². The summed E-state index contributed by atoms with van der Waals surface area (Å²) in [5.74, 6) is 0.208. The van der Waals surface area contributed by atoms with Gasteiger partial charge in [0.1, 0.15) is 11.5 Å². The van der Waals surface area contributed by atoms with Gasteiger partial charge in [-0.25, -0.2) is 35.4 Å². The molecule has 0 atom stereocenters. The molecule has 0 fully saturated rings. The summed E-state index contributed by atoms with van der Waals surface area (Å²) >= 11 is 0. The van der Waals surface area contributed by atoms with Crippen LogP contribution in [0.4, 0.5) is 0 Å². The van der Waals surface area contributed by atoms with Crippen LogP contribution in [0.1, 0.15) is 83.1 Å². The molecule has 0 amide bonds. The van der Waals surface area contributed by atoms with Crippen molar-refractivity contribution < 1.29 is 60.6 Å². The van der Waals surface area contributed by atoms with E-state index in [0.29, 0.717) is 0 Å². The summed E-state index contributed by atoms with van der Waals surface area (Å²) in [5, 5.41) is 19.1. The van der Waals surface area contributed by atoms with Crippen LogP contribution in [0.3, 0.4) is 0 Å². The first-order chi connectivity index (χ1) is 20.0. The van der Waals surface area contributed by atoms with Gasteiger partial charge in [0.2, 0.25) is 0 Å². The zero-order valence-corrected chi connectivity index (χ0v) is 32.3. The summed E-state index contributed by atoms with van der Waals surface area (Å²) in [6.45, 7) is 22.2. The number of hydrogen-bond acceptors (Lipinski definition) is 6. The molecule has 258 valence electrons. The number of nitrogens with zero attached hydrogens (tertiary/aromatic N) is 2. The van der Waals surface area contributed by atoms with Crippen LogP contribution in [0.2, 0.25) is 0 Å². The third-order valence-corrected chi connectivity index (χ3v) is 6.18.